The van der Waals surface area contributed by atoms with Crippen molar-refractivity contribution in [2.75, 3.05) is 17.6 Å². The van der Waals surface area contributed by atoms with Gasteiger partial charge < -0.3 is 16.2 Å². The molecule has 0 aliphatic rings. The first-order valence-corrected chi connectivity index (χ1v) is 4.86. The lowest BCUT2D eigenvalue weighted by atomic mass is 10.3. The summed E-state index contributed by atoms with van der Waals surface area (Å²) in [7, 11) is 0. The summed E-state index contributed by atoms with van der Waals surface area (Å²) >= 11 is 0. The SMILES string of the molecule is CCC(O)CNc1cc([N+](=O)[O-])cc(N)n1. The van der Waals surface area contributed by atoms with Crippen molar-refractivity contribution in [2.24, 2.45) is 0 Å². The first-order valence-electron chi connectivity index (χ1n) is 4.86. The molecule has 0 bridgehead atoms. The molecular weight excluding hydrogens is 212 g/mol. The van der Waals surface area contributed by atoms with Crippen molar-refractivity contribution in [1.29, 1.82) is 0 Å². The van der Waals surface area contributed by atoms with Gasteiger partial charge in [-0.1, -0.05) is 6.92 Å². The van der Waals surface area contributed by atoms with E-state index in [1.54, 1.807) is 0 Å². The van der Waals surface area contributed by atoms with Gasteiger partial charge in [-0.15, -0.1) is 0 Å². The van der Waals surface area contributed by atoms with Crippen molar-refractivity contribution in [3.05, 3.63) is 22.2 Å². The van der Waals surface area contributed by atoms with Crippen molar-refractivity contribution < 1.29 is 10.0 Å². The quantitative estimate of drug-likeness (QED) is 0.504. The van der Waals surface area contributed by atoms with Crippen LogP contribution in [-0.4, -0.2) is 27.7 Å². The Morgan fingerprint density at radius 3 is 2.94 bits per heavy atom. The molecule has 0 aliphatic carbocycles. The average molecular weight is 226 g/mol. The number of hydrogen-bond acceptors (Lipinski definition) is 6. The van der Waals surface area contributed by atoms with Crippen LogP contribution in [0.1, 0.15) is 13.3 Å². The zero-order valence-corrected chi connectivity index (χ0v) is 8.88. The molecule has 0 saturated heterocycles. The highest BCUT2D eigenvalue weighted by atomic mass is 16.6. The number of aliphatic hydroxyl groups is 1. The molecule has 1 heterocycles. The van der Waals surface area contributed by atoms with E-state index in [0.29, 0.717) is 12.2 Å². The second kappa shape index (κ2) is 5.26. The highest BCUT2D eigenvalue weighted by Gasteiger charge is 2.10. The van der Waals surface area contributed by atoms with E-state index in [1.165, 1.54) is 12.1 Å². The average Bonchev–Trinajstić information content (AvgIpc) is 2.25. The Kier molecular flexibility index (Phi) is 4.01. The van der Waals surface area contributed by atoms with Crippen LogP contribution in [-0.2, 0) is 0 Å². The summed E-state index contributed by atoms with van der Waals surface area (Å²) in [6.07, 6.45) is 0.0829. The fourth-order valence-corrected chi connectivity index (χ4v) is 1.10. The lowest BCUT2D eigenvalue weighted by molar-refractivity contribution is -0.384. The smallest absolute Gasteiger partial charge is 0.276 e. The number of hydrogen-bond donors (Lipinski definition) is 3. The van der Waals surface area contributed by atoms with Crippen molar-refractivity contribution in [3.63, 3.8) is 0 Å². The minimum Gasteiger partial charge on any atom is -0.391 e. The van der Waals surface area contributed by atoms with E-state index in [1.807, 2.05) is 6.92 Å². The minimum absolute atomic E-state index is 0.0719. The predicted molar refractivity (Wildman–Crippen MR) is 60.1 cm³/mol. The van der Waals surface area contributed by atoms with Gasteiger partial charge in [0, 0.05) is 6.54 Å². The van der Waals surface area contributed by atoms with E-state index in [4.69, 9.17) is 5.73 Å². The summed E-state index contributed by atoms with van der Waals surface area (Å²) in [6.45, 7) is 2.12. The van der Waals surface area contributed by atoms with Gasteiger partial charge in [0.2, 0.25) is 0 Å². The van der Waals surface area contributed by atoms with Crippen LogP contribution in [0.25, 0.3) is 0 Å². The van der Waals surface area contributed by atoms with Crippen LogP contribution >= 0.6 is 0 Å². The van der Waals surface area contributed by atoms with Crippen LogP contribution in [0, 0.1) is 10.1 Å². The standard InChI is InChI=1S/C9H14N4O3/c1-2-7(14)5-11-9-4-6(13(15)16)3-8(10)12-9/h3-4,7,14H,2,5H2,1H3,(H3,10,11,12). The lowest BCUT2D eigenvalue weighted by Gasteiger charge is -2.09. The predicted octanol–water partition coefficient (Wildman–Crippen LogP) is 0.755. The number of nitrogens with one attached hydrogen (secondary N) is 1. The van der Waals surface area contributed by atoms with Crippen LogP contribution in [0.15, 0.2) is 12.1 Å². The molecule has 7 nitrogen and oxygen atoms in total. The number of nitro groups is 1. The van der Waals surface area contributed by atoms with E-state index in [0.717, 1.165) is 0 Å². The molecule has 1 atom stereocenters. The molecule has 0 saturated carbocycles. The number of nitrogens with zero attached hydrogens (tertiary/aromatic N) is 2. The first kappa shape index (κ1) is 12.2. The molecule has 0 fully saturated rings. The Morgan fingerprint density at radius 2 is 2.38 bits per heavy atom. The van der Waals surface area contributed by atoms with Crippen LogP contribution in [0.3, 0.4) is 0 Å². The van der Waals surface area contributed by atoms with E-state index >= 15 is 0 Å². The molecule has 0 aromatic carbocycles. The second-order valence-corrected chi connectivity index (χ2v) is 3.34. The van der Waals surface area contributed by atoms with Gasteiger partial charge in [0.15, 0.2) is 0 Å². The number of aromatic nitrogens is 1. The van der Waals surface area contributed by atoms with Crippen molar-refractivity contribution in [1.82, 2.24) is 4.98 Å². The number of anilines is 2. The maximum Gasteiger partial charge on any atom is 0.276 e. The molecule has 4 N–H and O–H groups in total. The van der Waals surface area contributed by atoms with E-state index in [9.17, 15) is 15.2 Å². The van der Waals surface area contributed by atoms with Crippen molar-refractivity contribution in [3.8, 4) is 0 Å². The fraction of sp³-hybridized carbons (Fsp3) is 0.444. The van der Waals surface area contributed by atoms with Gasteiger partial charge in [0.1, 0.15) is 11.6 Å². The Balaban J connectivity index is 2.76. The Hall–Kier alpha value is -1.89. The summed E-state index contributed by atoms with van der Waals surface area (Å²) in [4.78, 5) is 13.9. The Labute approximate surface area is 92.4 Å². The van der Waals surface area contributed by atoms with E-state index < -0.39 is 11.0 Å². The van der Waals surface area contributed by atoms with Gasteiger partial charge in [0.05, 0.1) is 23.2 Å². The fourth-order valence-electron chi connectivity index (χ4n) is 1.10. The number of nitrogen functional groups attached to an aromatic ring is 1. The van der Waals surface area contributed by atoms with Gasteiger partial charge in [0.25, 0.3) is 5.69 Å². The number of rotatable bonds is 5. The largest absolute Gasteiger partial charge is 0.391 e. The van der Waals surface area contributed by atoms with E-state index in [2.05, 4.69) is 10.3 Å². The van der Waals surface area contributed by atoms with Crippen molar-refractivity contribution >= 4 is 17.3 Å². The van der Waals surface area contributed by atoms with Crippen LogP contribution < -0.4 is 11.1 Å². The van der Waals surface area contributed by atoms with Gasteiger partial charge in [-0.25, -0.2) is 4.98 Å². The molecular formula is C9H14N4O3. The molecule has 1 unspecified atom stereocenters. The van der Waals surface area contributed by atoms with Gasteiger partial charge >= 0.3 is 0 Å². The third-order valence-corrected chi connectivity index (χ3v) is 2.03. The monoisotopic (exact) mass is 226 g/mol. The zero-order chi connectivity index (χ0) is 12.1. The summed E-state index contributed by atoms with van der Waals surface area (Å²) in [5, 5.41) is 22.6. The first-order chi connectivity index (χ1) is 7.52. The highest BCUT2D eigenvalue weighted by Crippen LogP contribution is 2.18. The van der Waals surface area contributed by atoms with Crippen LogP contribution in [0.4, 0.5) is 17.3 Å². The molecule has 0 amide bonds. The Morgan fingerprint density at radius 1 is 1.69 bits per heavy atom. The molecule has 1 aromatic heterocycles. The molecule has 0 aliphatic heterocycles. The van der Waals surface area contributed by atoms with E-state index in [-0.39, 0.29) is 18.1 Å². The maximum atomic E-state index is 10.5. The van der Waals surface area contributed by atoms with Crippen molar-refractivity contribution in [2.45, 2.75) is 19.4 Å². The maximum absolute atomic E-state index is 10.5. The van der Waals surface area contributed by atoms with Gasteiger partial charge in [-0.2, -0.15) is 0 Å². The molecule has 16 heavy (non-hydrogen) atoms. The summed E-state index contributed by atoms with van der Waals surface area (Å²) in [5.41, 5.74) is 5.29. The number of pyridine rings is 1. The van der Waals surface area contributed by atoms with Gasteiger partial charge in [-0.05, 0) is 6.42 Å². The lowest BCUT2D eigenvalue weighted by Crippen LogP contribution is -2.19. The molecule has 1 aromatic rings. The normalized spacial score (nSPS) is 12.1. The summed E-state index contributed by atoms with van der Waals surface area (Å²) in [6, 6.07) is 2.46. The van der Waals surface area contributed by atoms with Gasteiger partial charge in [-0.3, -0.25) is 10.1 Å². The Bertz CT molecular complexity index is 383. The second-order valence-electron chi connectivity index (χ2n) is 3.34. The van der Waals surface area contributed by atoms with Crippen LogP contribution in [0.2, 0.25) is 0 Å². The zero-order valence-electron chi connectivity index (χ0n) is 8.88. The summed E-state index contributed by atoms with van der Waals surface area (Å²) < 4.78 is 0. The molecule has 0 radical (unpaired) electrons. The molecule has 0 spiro atoms. The topological polar surface area (TPSA) is 114 Å². The summed E-state index contributed by atoms with van der Waals surface area (Å²) in [5.74, 6) is 0.363. The number of nitrogens with two attached hydrogens (primary N) is 1. The molecule has 7 heteroatoms. The molecule has 88 valence electrons. The number of aliphatic hydroxyl groups excluding tert-OH is 1. The third kappa shape index (κ3) is 3.35. The van der Waals surface area contributed by atoms with Crippen LogP contribution in [0.5, 0.6) is 0 Å². The molecule has 1 rings (SSSR count). The highest BCUT2D eigenvalue weighted by molar-refractivity contribution is 5.52. The third-order valence-electron chi connectivity index (χ3n) is 2.03. The minimum atomic E-state index is -0.542.